The molecule has 1 amide bonds. The first-order valence-corrected chi connectivity index (χ1v) is 8.96. The fourth-order valence-electron chi connectivity index (χ4n) is 2.10. The van der Waals surface area contributed by atoms with E-state index >= 15 is 0 Å². The quantitative estimate of drug-likeness (QED) is 0.738. The third-order valence-corrected chi connectivity index (χ3v) is 4.78. The van der Waals surface area contributed by atoms with E-state index < -0.39 is 15.9 Å². The van der Waals surface area contributed by atoms with Crippen molar-refractivity contribution < 1.29 is 17.6 Å². The highest BCUT2D eigenvalue weighted by Gasteiger charge is 2.15. The van der Waals surface area contributed by atoms with Gasteiger partial charge in [-0.3, -0.25) is 4.79 Å². The lowest BCUT2D eigenvalue weighted by atomic mass is 10.1. The number of terminal acetylenes is 1. The summed E-state index contributed by atoms with van der Waals surface area (Å²) in [5.74, 6) is 1.48. The van der Waals surface area contributed by atoms with Crippen LogP contribution in [0.3, 0.4) is 0 Å². The van der Waals surface area contributed by atoms with Gasteiger partial charge in [0.25, 0.3) is 5.91 Å². The Hall–Kier alpha value is -2.69. The zero-order valence-electron chi connectivity index (χ0n) is 13.3. The molecule has 0 aliphatic rings. The van der Waals surface area contributed by atoms with Crippen molar-refractivity contribution in [1.29, 1.82) is 0 Å². The number of rotatable bonds is 7. The summed E-state index contributed by atoms with van der Waals surface area (Å²) >= 11 is 0. The normalized spacial score (nSPS) is 10.9. The van der Waals surface area contributed by atoms with Crippen LogP contribution in [-0.4, -0.2) is 27.4 Å². The molecule has 0 unspecified atom stereocenters. The highest BCUT2D eigenvalue weighted by Crippen LogP contribution is 2.11. The van der Waals surface area contributed by atoms with Crippen molar-refractivity contribution in [3.63, 3.8) is 0 Å². The number of hydrogen-bond donors (Lipinski definition) is 2. The van der Waals surface area contributed by atoms with Crippen molar-refractivity contribution in [3.8, 4) is 12.3 Å². The second kappa shape index (κ2) is 8.42. The number of nitrogens with one attached hydrogen (secondary N) is 2. The van der Waals surface area contributed by atoms with Gasteiger partial charge in [-0.25, -0.2) is 12.8 Å². The molecule has 2 N–H and O–H groups in total. The topological polar surface area (TPSA) is 75.3 Å². The Bertz CT molecular complexity index is 887. The van der Waals surface area contributed by atoms with Gasteiger partial charge < -0.3 is 5.32 Å². The Balaban J connectivity index is 1.99. The summed E-state index contributed by atoms with van der Waals surface area (Å²) in [6.07, 6.45) is 5.58. The first kappa shape index (κ1) is 18.6. The summed E-state index contributed by atoms with van der Waals surface area (Å²) in [7, 11) is -3.75. The van der Waals surface area contributed by atoms with Gasteiger partial charge in [0.2, 0.25) is 10.0 Å². The summed E-state index contributed by atoms with van der Waals surface area (Å²) in [6, 6.07) is 11.7. The van der Waals surface area contributed by atoms with Gasteiger partial charge in [-0.05, 0) is 42.3 Å². The molecule has 0 radical (unpaired) electrons. The molecular weight excluding hydrogens is 343 g/mol. The lowest BCUT2D eigenvalue weighted by molar-refractivity contribution is 0.0954. The molecule has 0 heterocycles. The SMILES string of the molecule is C#CCNS(=O)(=O)c1cccc(C(=O)NCCc2ccc(F)cc2)c1. The van der Waals surface area contributed by atoms with Crippen LogP contribution in [0, 0.1) is 18.2 Å². The standard InChI is InChI=1S/C18H17FN2O3S/c1-2-11-21-25(23,24)17-5-3-4-15(13-17)18(22)20-12-10-14-6-8-16(19)9-7-14/h1,3-9,13,21H,10-12H2,(H,20,22). The molecule has 0 fully saturated rings. The van der Waals surface area contributed by atoms with Crippen LogP contribution in [0.15, 0.2) is 53.4 Å². The smallest absolute Gasteiger partial charge is 0.251 e. The fraction of sp³-hybridized carbons (Fsp3) is 0.167. The molecule has 130 valence electrons. The monoisotopic (exact) mass is 360 g/mol. The predicted octanol–water partition coefficient (Wildman–Crippen LogP) is 1.71. The van der Waals surface area contributed by atoms with Crippen LogP contribution in [0.1, 0.15) is 15.9 Å². The molecule has 5 nitrogen and oxygen atoms in total. The molecule has 0 aliphatic carbocycles. The van der Waals surface area contributed by atoms with E-state index in [1.807, 2.05) is 0 Å². The van der Waals surface area contributed by atoms with Crippen molar-refractivity contribution >= 4 is 15.9 Å². The number of hydrogen-bond acceptors (Lipinski definition) is 3. The molecule has 0 saturated carbocycles. The van der Waals surface area contributed by atoms with Crippen molar-refractivity contribution in [1.82, 2.24) is 10.0 Å². The second-order valence-electron chi connectivity index (χ2n) is 5.19. The van der Waals surface area contributed by atoms with Gasteiger partial charge in [0.15, 0.2) is 0 Å². The molecule has 0 spiro atoms. The lowest BCUT2D eigenvalue weighted by Gasteiger charge is -2.08. The molecule has 25 heavy (non-hydrogen) atoms. The van der Waals surface area contributed by atoms with Gasteiger partial charge in [0, 0.05) is 12.1 Å². The van der Waals surface area contributed by atoms with Crippen molar-refractivity contribution in [2.75, 3.05) is 13.1 Å². The molecule has 7 heteroatoms. The van der Waals surface area contributed by atoms with E-state index in [4.69, 9.17) is 6.42 Å². The zero-order chi connectivity index (χ0) is 18.3. The van der Waals surface area contributed by atoms with Crippen LogP contribution in [0.2, 0.25) is 0 Å². The molecular formula is C18H17FN2O3S. The van der Waals surface area contributed by atoms with Crippen LogP contribution in [0.25, 0.3) is 0 Å². The van der Waals surface area contributed by atoms with Gasteiger partial charge >= 0.3 is 0 Å². The van der Waals surface area contributed by atoms with Crippen LogP contribution < -0.4 is 10.0 Å². The molecule has 0 bridgehead atoms. The Morgan fingerprint density at radius 2 is 1.88 bits per heavy atom. The molecule has 0 atom stereocenters. The van der Waals surface area contributed by atoms with E-state index in [-0.39, 0.29) is 22.8 Å². The summed E-state index contributed by atoms with van der Waals surface area (Å²) in [4.78, 5) is 12.1. The largest absolute Gasteiger partial charge is 0.352 e. The number of benzene rings is 2. The van der Waals surface area contributed by atoms with Gasteiger partial charge in [0.1, 0.15) is 5.82 Å². The van der Waals surface area contributed by atoms with E-state index in [1.54, 1.807) is 12.1 Å². The average Bonchev–Trinajstić information content (AvgIpc) is 2.61. The highest BCUT2D eigenvalue weighted by atomic mass is 32.2. The van der Waals surface area contributed by atoms with Crippen LogP contribution in [0.4, 0.5) is 4.39 Å². The van der Waals surface area contributed by atoms with E-state index in [1.165, 1.54) is 36.4 Å². The predicted molar refractivity (Wildman–Crippen MR) is 92.9 cm³/mol. The van der Waals surface area contributed by atoms with Crippen LogP contribution in [0.5, 0.6) is 0 Å². The number of halogens is 1. The Morgan fingerprint density at radius 1 is 1.16 bits per heavy atom. The van der Waals surface area contributed by atoms with Crippen molar-refractivity contribution in [3.05, 3.63) is 65.5 Å². The summed E-state index contributed by atoms with van der Waals surface area (Å²) in [5.41, 5.74) is 1.11. The number of carbonyl (C=O) groups is 1. The van der Waals surface area contributed by atoms with Crippen molar-refractivity contribution in [2.45, 2.75) is 11.3 Å². The third-order valence-electron chi connectivity index (χ3n) is 3.38. The number of carbonyl (C=O) groups excluding carboxylic acids is 1. The van der Waals surface area contributed by atoms with Gasteiger partial charge in [-0.15, -0.1) is 6.42 Å². The molecule has 0 saturated heterocycles. The second-order valence-corrected chi connectivity index (χ2v) is 6.96. The summed E-state index contributed by atoms with van der Waals surface area (Å²) in [6.45, 7) is 0.215. The van der Waals surface area contributed by atoms with E-state index in [2.05, 4.69) is 16.0 Å². The van der Waals surface area contributed by atoms with Gasteiger partial charge in [-0.1, -0.05) is 24.1 Å². The zero-order valence-corrected chi connectivity index (χ0v) is 14.1. The average molecular weight is 360 g/mol. The minimum atomic E-state index is -3.75. The molecule has 2 aromatic carbocycles. The summed E-state index contributed by atoms with van der Waals surface area (Å²) in [5, 5.41) is 2.70. The third kappa shape index (κ3) is 5.41. The van der Waals surface area contributed by atoms with Gasteiger partial charge in [0.05, 0.1) is 11.4 Å². The molecule has 0 aromatic heterocycles. The van der Waals surface area contributed by atoms with Crippen LogP contribution in [-0.2, 0) is 16.4 Å². The van der Waals surface area contributed by atoms with Crippen LogP contribution >= 0.6 is 0 Å². The Labute approximate surface area is 146 Å². The maximum Gasteiger partial charge on any atom is 0.251 e. The van der Waals surface area contributed by atoms with Crippen molar-refractivity contribution in [2.24, 2.45) is 0 Å². The minimum absolute atomic E-state index is 0.0334. The maximum atomic E-state index is 12.8. The van der Waals surface area contributed by atoms with Gasteiger partial charge in [-0.2, -0.15) is 4.72 Å². The van der Waals surface area contributed by atoms with E-state index in [9.17, 15) is 17.6 Å². The Morgan fingerprint density at radius 3 is 2.56 bits per heavy atom. The number of amides is 1. The van der Waals surface area contributed by atoms with E-state index in [0.29, 0.717) is 13.0 Å². The highest BCUT2D eigenvalue weighted by molar-refractivity contribution is 7.89. The molecule has 2 rings (SSSR count). The Kier molecular flexibility index (Phi) is 6.28. The summed E-state index contributed by atoms with van der Waals surface area (Å²) < 4.78 is 39.1. The fourth-order valence-corrected chi connectivity index (χ4v) is 3.08. The first-order chi connectivity index (χ1) is 11.9. The minimum Gasteiger partial charge on any atom is -0.352 e. The lowest BCUT2D eigenvalue weighted by Crippen LogP contribution is -2.27. The number of sulfonamides is 1. The molecule has 0 aliphatic heterocycles. The first-order valence-electron chi connectivity index (χ1n) is 7.48. The molecule has 2 aromatic rings. The maximum absolute atomic E-state index is 12.8. The van der Waals surface area contributed by atoms with E-state index in [0.717, 1.165) is 5.56 Å².